The van der Waals surface area contributed by atoms with E-state index in [1.165, 1.54) is 18.2 Å². The molecule has 2 heterocycles. The summed E-state index contributed by atoms with van der Waals surface area (Å²) in [5.74, 6) is -0.250. The second-order valence-electron chi connectivity index (χ2n) is 8.09. The fourth-order valence-electron chi connectivity index (χ4n) is 4.19. The van der Waals surface area contributed by atoms with Crippen molar-refractivity contribution in [3.8, 4) is 0 Å². The van der Waals surface area contributed by atoms with Gasteiger partial charge in [0.15, 0.2) is 0 Å². The standard InChI is InChI=1S/C20H28N2O3/c1-20(2,3)21-18(23)16-11-7-10-15-14-9-6-5-8-13(14)12-17(22(15)16)19(24)25-4/h5-6,8-9,15-17H,7,10-12H2,1-4H3,(H,21,23)/t15?,16?,17-/m0/s1. The maximum Gasteiger partial charge on any atom is 0.323 e. The third-order valence-corrected chi connectivity index (χ3v) is 5.14. The largest absolute Gasteiger partial charge is 0.468 e. The summed E-state index contributed by atoms with van der Waals surface area (Å²) in [6, 6.07) is 7.66. The number of piperidine rings is 1. The summed E-state index contributed by atoms with van der Waals surface area (Å²) < 4.78 is 5.07. The van der Waals surface area contributed by atoms with E-state index >= 15 is 0 Å². The molecule has 3 rings (SSSR count). The third-order valence-electron chi connectivity index (χ3n) is 5.14. The normalized spacial score (nSPS) is 26.3. The van der Waals surface area contributed by atoms with Crippen LogP contribution in [0.25, 0.3) is 0 Å². The van der Waals surface area contributed by atoms with Crippen LogP contribution < -0.4 is 5.32 Å². The minimum Gasteiger partial charge on any atom is -0.468 e. The molecule has 1 saturated heterocycles. The quantitative estimate of drug-likeness (QED) is 0.838. The average Bonchev–Trinajstić information content (AvgIpc) is 2.58. The Morgan fingerprint density at radius 2 is 1.88 bits per heavy atom. The molecule has 3 atom stereocenters. The Balaban J connectivity index is 1.98. The van der Waals surface area contributed by atoms with E-state index in [2.05, 4.69) is 22.3 Å². The molecular formula is C20H28N2O3. The number of carbonyl (C=O) groups excluding carboxylic acids is 2. The maximum atomic E-state index is 12.9. The van der Waals surface area contributed by atoms with E-state index in [0.29, 0.717) is 6.42 Å². The van der Waals surface area contributed by atoms with Crippen molar-refractivity contribution < 1.29 is 14.3 Å². The summed E-state index contributed by atoms with van der Waals surface area (Å²) in [5.41, 5.74) is 2.14. The first-order chi connectivity index (χ1) is 11.8. The number of carbonyl (C=O) groups is 2. The smallest absolute Gasteiger partial charge is 0.323 e. The highest BCUT2D eigenvalue weighted by Crippen LogP contribution is 2.42. The third kappa shape index (κ3) is 3.56. The zero-order chi connectivity index (χ0) is 18.2. The van der Waals surface area contributed by atoms with Crippen LogP contribution in [-0.2, 0) is 20.7 Å². The number of nitrogens with one attached hydrogen (secondary N) is 1. The van der Waals surface area contributed by atoms with E-state index in [-0.39, 0.29) is 29.5 Å². The second kappa shape index (κ2) is 6.79. The molecule has 1 fully saturated rings. The van der Waals surface area contributed by atoms with Gasteiger partial charge in [-0.3, -0.25) is 14.5 Å². The lowest BCUT2D eigenvalue weighted by atomic mass is 9.80. The average molecular weight is 344 g/mol. The van der Waals surface area contributed by atoms with Crippen molar-refractivity contribution in [3.63, 3.8) is 0 Å². The molecule has 1 aromatic carbocycles. The molecule has 2 aliphatic heterocycles. The monoisotopic (exact) mass is 344 g/mol. The number of esters is 1. The minimum absolute atomic E-state index is 0.00508. The van der Waals surface area contributed by atoms with Crippen LogP contribution >= 0.6 is 0 Å². The van der Waals surface area contributed by atoms with E-state index in [1.54, 1.807) is 0 Å². The molecule has 0 bridgehead atoms. The number of hydrogen-bond acceptors (Lipinski definition) is 4. The lowest BCUT2D eigenvalue weighted by Gasteiger charge is -2.48. The van der Waals surface area contributed by atoms with Gasteiger partial charge in [-0.15, -0.1) is 0 Å². The van der Waals surface area contributed by atoms with Gasteiger partial charge in [0.1, 0.15) is 6.04 Å². The molecule has 0 radical (unpaired) electrons. The minimum atomic E-state index is -0.402. The van der Waals surface area contributed by atoms with Crippen molar-refractivity contribution in [2.45, 2.75) is 70.1 Å². The number of rotatable bonds is 2. The summed E-state index contributed by atoms with van der Waals surface area (Å²) in [5, 5.41) is 3.09. The topological polar surface area (TPSA) is 58.6 Å². The number of benzene rings is 1. The van der Waals surface area contributed by atoms with Crippen LogP contribution in [0.5, 0.6) is 0 Å². The van der Waals surface area contributed by atoms with Crippen molar-refractivity contribution in [1.82, 2.24) is 10.2 Å². The van der Waals surface area contributed by atoms with Crippen molar-refractivity contribution in [1.29, 1.82) is 0 Å². The zero-order valence-corrected chi connectivity index (χ0v) is 15.5. The molecule has 5 heteroatoms. The molecule has 25 heavy (non-hydrogen) atoms. The fraction of sp³-hybridized carbons (Fsp3) is 0.600. The first kappa shape index (κ1) is 17.9. The van der Waals surface area contributed by atoms with E-state index in [4.69, 9.17) is 4.74 Å². The van der Waals surface area contributed by atoms with Gasteiger partial charge in [0.25, 0.3) is 0 Å². The highest BCUT2D eigenvalue weighted by atomic mass is 16.5. The summed E-state index contributed by atoms with van der Waals surface area (Å²) in [7, 11) is 1.42. The Kier molecular flexibility index (Phi) is 4.87. The van der Waals surface area contributed by atoms with Gasteiger partial charge in [-0.1, -0.05) is 24.3 Å². The van der Waals surface area contributed by atoms with Gasteiger partial charge in [0.2, 0.25) is 5.91 Å². The molecular weight excluding hydrogens is 316 g/mol. The Labute approximate surface area is 149 Å². The summed E-state index contributed by atoms with van der Waals surface area (Å²) in [6.07, 6.45) is 3.31. The van der Waals surface area contributed by atoms with Crippen molar-refractivity contribution in [2.24, 2.45) is 0 Å². The van der Waals surface area contributed by atoms with E-state index in [9.17, 15) is 9.59 Å². The molecule has 1 amide bonds. The van der Waals surface area contributed by atoms with E-state index in [0.717, 1.165) is 19.3 Å². The predicted octanol–water partition coefficient (Wildman–Crippen LogP) is 2.59. The van der Waals surface area contributed by atoms with Crippen LogP contribution in [-0.4, -0.2) is 41.5 Å². The predicted molar refractivity (Wildman–Crippen MR) is 96.1 cm³/mol. The van der Waals surface area contributed by atoms with Crippen LogP contribution in [0.3, 0.4) is 0 Å². The number of amides is 1. The number of methoxy groups -OCH3 is 1. The maximum absolute atomic E-state index is 12.9. The van der Waals surface area contributed by atoms with Gasteiger partial charge in [-0.25, -0.2) is 0 Å². The molecule has 2 unspecified atom stereocenters. The number of ether oxygens (including phenoxy) is 1. The van der Waals surface area contributed by atoms with E-state index < -0.39 is 6.04 Å². The first-order valence-electron chi connectivity index (χ1n) is 9.07. The Hall–Kier alpha value is -1.88. The second-order valence-corrected chi connectivity index (χ2v) is 8.09. The van der Waals surface area contributed by atoms with Gasteiger partial charge in [0.05, 0.1) is 13.2 Å². The number of nitrogens with zero attached hydrogens (tertiary/aromatic N) is 1. The van der Waals surface area contributed by atoms with Crippen LogP contribution in [0, 0.1) is 0 Å². The van der Waals surface area contributed by atoms with Gasteiger partial charge < -0.3 is 10.1 Å². The highest BCUT2D eigenvalue weighted by molar-refractivity contribution is 5.84. The molecule has 0 spiro atoms. The van der Waals surface area contributed by atoms with Crippen LogP contribution in [0.15, 0.2) is 24.3 Å². The lowest BCUT2D eigenvalue weighted by molar-refractivity contribution is -0.153. The van der Waals surface area contributed by atoms with Crippen LogP contribution in [0.2, 0.25) is 0 Å². The van der Waals surface area contributed by atoms with Gasteiger partial charge in [0, 0.05) is 11.6 Å². The number of hydrogen-bond donors (Lipinski definition) is 1. The van der Waals surface area contributed by atoms with Crippen molar-refractivity contribution in [3.05, 3.63) is 35.4 Å². The summed E-state index contributed by atoms with van der Waals surface area (Å²) in [4.78, 5) is 27.5. The SMILES string of the molecule is COC(=O)[C@@H]1Cc2ccccc2C2CCCC(C(=O)NC(C)(C)C)N21. The molecule has 0 saturated carbocycles. The summed E-state index contributed by atoms with van der Waals surface area (Å²) in [6.45, 7) is 5.94. The van der Waals surface area contributed by atoms with Gasteiger partial charge in [-0.05, 0) is 57.6 Å². The molecule has 0 aromatic heterocycles. The molecule has 5 nitrogen and oxygen atoms in total. The molecule has 136 valence electrons. The van der Waals surface area contributed by atoms with Crippen LogP contribution in [0.4, 0.5) is 0 Å². The van der Waals surface area contributed by atoms with Crippen molar-refractivity contribution in [2.75, 3.05) is 7.11 Å². The Morgan fingerprint density at radius 3 is 2.56 bits per heavy atom. The van der Waals surface area contributed by atoms with Gasteiger partial charge >= 0.3 is 5.97 Å². The summed E-state index contributed by atoms with van der Waals surface area (Å²) >= 11 is 0. The first-order valence-corrected chi connectivity index (χ1v) is 9.07. The molecule has 0 aliphatic carbocycles. The Bertz CT molecular complexity index is 665. The van der Waals surface area contributed by atoms with Crippen molar-refractivity contribution >= 4 is 11.9 Å². The zero-order valence-electron chi connectivity index (χ0n) is 15.5. The van der Waals surface area contributed by atoms with Gasteiger partial charge in [-0.2, -0.15) is 0 Å². The molecule has 1 aromatic rings. The fourth-order valence-corrected chi connectivity index (χ4v) is 4.19. The highest BCUT2D eigenvalue weighted by Gasteiger charge is 2.46. The van der Waals surface area contributed by atoms with E-state index in [1.807, 2.05) is 32.9 Å². The Morgan fingerprint density at radius 1 is 1.16 bits per heavy atom. The molecule has 1 N–H and O–H groups in total. The lowest BCUT2D eigenvalue weighted by Crippen LogP contribution is -2.61. The van der Waals surface area contributed by atoms with Crippen LogP contribution in [0.1, 0.15) is 57.2 Å². The molecule has 2 aliphatic rings. The number of fused-ring (bicyclic) bond motifs is 3.